The standard InChI is InChI=1S/C14H17N3O2/c1-14(2,10-3-5-11(15)6-4-10)13(18)16-9-12-7-8-19-17-12/h3-8H,9,15H2,1-2H3,(H,16,18). The number of carbonyl (C=O) groups excluding carboxylic acids is 1. The Morgan fingerprint density at radius 1 is 1.32 bits per heavy atom. The Labute approximate surface area is 111 Å². The highest BCUT2D eigenvalue weighted by atomic mass is 16.5. The van der Waals surface area contributed by atoms with E-state index in [1.165, 1.54) is 6.26 Å². The molecule has 0 radical (unpaired) electrons. The molecule has 0 aliphatic heterocycles. The predicted molar refractivity (Wildman–Crippen MR) is 72.2 cm³/mol. The summed E-state index contributed by atoms with van der Waals surface area (Å²) >= 11 is 0. The predicted octanol–water partition coefficient (Wildman–Crippen LogP) is 1.85. The van der Waals surface area contributed by atoms with Gasteiger partial charge in [-0.25, -0.2) is 0 Å². The lowest BCUT2D eigenvalue weighted by atomic mass is 9.83. The lowest BCUT2D eigenvalue weighted by Gasteiger charge is -2.24. The van der Waals surface area contributed by atoms with Crippen LogP contribution in [0.3, 0.4) is 0 Å². The second-order valence-corrected chi connectivity index (χ2v) is 4.92. The van der Waals surface area contributed by atoms with Crippen LogP contribution in [0, 0.1) is 0 Å². The highest BCUT2D eigenvalue weighted by molar-refractivity contribution is 5.87. The first-order valence-electron chi connectivity index (χ1n) is 6.04. The van der Waals surface area contributed by atoms with Crippen molar-refractivity contribution in [3.63, 3.8) is 0 Å². The van der Waals surface area contributed by atoms with Crippen molar-refractivity contribution in [3.8, 4) is 0 Å². The number of anilines is 1. The van der Waals surface area contributed by atoms with E-state index in [-0.39, 0.29) is 5.91 Å². The average molecular weight is 259 g/mol. The maximum atomic E-state index is 12.2. The van der Waals surface area contributed by atoms with Gasteiger partial charge in [0, 0.05) is 11.8 Å². The Balaban J connectivity index is 2.06. The molecular weight excluding hydrogens is 242 g/mol. The van der Waals surface area contributed by atoms with Crippen molar-refractivity contribution in [2.75, 3.05) is 5.73 Å². The molecule has 0 aliphatic rings. The summed E-state index contributed by atoms with van der Waals surface area (Å²) in [6, 6.07) is 9.04. The van der Waals surface area contributed by atoms with Crippen LogP contribution in [0.4, 0.5) is 5.69 Å². The van der Waals surface area contributed by atoms with Gasteiger partial charge in [0.25, 0.3) is 0 Å². The van der Waals surface area contributed by atoms with E-state index in [0.717, 1.165) is 5.56 Å². The van der Waals surface area contributed by atoms with E-state index in [0.29, 0.717) is 17.9 Å². The first-order chi connectivity index (χ1) is 9.00. The van der Waals surface area contributed by atoms with Gasteiger partial charge in [-0.1, -0.05) is 17.3 Å². The zero-order valence-corrected chi connectivity index (χ0v) is 11.0. The number of hydrogen-bond donors (Lipinski definition) is 2. The summed E-state index contributed by atoms with van der Waals surface area (Å²) < 4.78 is 4.72. The third-order valence-electron chi connectivity index (χ3n) is 3.12. The molecule has 0 unspecified atom stereocenters. The van der Waals surface area contributed by atoms with Crippen molar-refractivity contribution >= 4 is 11.6 Å². The van der Waals surface area contributed by atoms with E-state index < -0.39 is 5.41 Å². The SMILES string of the molecule is CC(C)(C(=O)NCc1ccon1)c1ccc(N)cc1. The van der Waals surface area contributed by atoms with Gasteiger partial charge in [-0.15, -0.1) is 0 Å². The van der Waals surface area contributed by atoms with E-state index in [9.17, 15) is 4.79 Å². The molecule has 0 atom stereocenters. The number of nitrogens with two attached hydrogens (primary N) is 1. The summed E-state index contributed by atoms with van der Waals surface area (Å²) in [4.78, 5) is 12.2. The molecule has 5 heteroatoms. The summed E-state index contributed by atoms with van der Waals surface area (Å²) in [7, 11) is 0. The second kappa shape index (κ2) is 5.14. The first kappa shape index (κ1) is 13.1. The molecule has 0 saturated heterocycles. The normalized spacial score (nSPS) is 11.3. The minimum atomic E-state index is -0.628. The third kappa shape index (κ3) is 2.93. The zero-order chi connectivity index (χ0) is 13.9. The summed E-state index contributed by atoms with van der Waals surface area (Å²) in [5.74, 6) is -0.0692. The van der Waals surface area contributed by atoms with Crippen LogP contribution in [0.5, 0.6) is 0 Å². The van der Waals surface area contributed by atoms with E-state index in [4.69, 9.17) is 10.3 Å². The summed E-state index contributed by atoms with van der Waals surface area (Å²) in [6.07, 6.45) is 1.48. The van der Waals surface area contributed by atoms with Gasteiger partial charge >= 0.3 is 0 Å². The van der Waals surface area contributed by atoms with Crippen LogP contribution in [0.25, 0.3) is 0 Å². The maximum Gasteiger partial charge on any atom is 0.230 e. The van der Waals surface area contributed by atoms with Crippen LogP contribution in [0.1, 0.15) is 25.1 Å². The van der Waals surface area contributed by atoms with Gasteiger partial charge in [-0.2, -0.15) is 0 Å². The average Bonchev–Trinajstić information content (AvgIpc) is 2.89. The molecular formula is C14H17N3O2. The minimum Gasteiger partial charge on any atom is -0.399 e. The highest BCUT2D eigenvalue weighted by Gasteiger charge is 2.29. The topological polar surface area (TPSA) is 81.2 Å². The Bertz CT molecular complexity index is 545. The Kier molecular flexibility index (Phi) is 3.55. The molecule has 0 bridgehead atoms. The molecule has 1 aromatic heterocycles. The van der Waals surface area contributed by atoms with Gasteiger partial charge in [0.1, 0.15) is 12.0 Å². The number of nitrogens with one attached hydrogen (secondary N) is 1. The fourth-order valence-electron chi connectivity index (χ4n) is 1.75. The van der Waals surface area contributed by atoms with Gasteiger partial charge in [-0.3, -0.25) is 4.79 Å². The number of benzene rings is 1. The molecule has 1 aromatic carbocycles. The second-order valence-electron chi connectivity index (χ2n) is 4.92. The number of rotatable bonds is 4. The van der Waals surface area contributed by atoms with Crippen LogP contribution < -0.4 is 11.1 Å². The van der Waals surface area contributed by atoms with Gasteiger partial charge in [0.15, 0.2) is 0 Å². The van der Waals surface area contributed by atoms with Gasteiger partial charge in [0.2, 0.25) is 5.91 Å². The lowest BCUT2D eigenvalue weighted by molar-refractivity contribution is -0.125. The van der Waals surface area contributed by atoms with Crippen LogP contribution in [-0.4, -0.2) is 11.1 Å². The molecule has 3 N–H and O–H groups in total. The molecule has 2 aromatic rings. The number of amides is 1. The zero-order valence-electron chi connectivity index (χ0n) is 11.0. The van der Waals surface area contributed by atoms with Gasteiger partial charge in [-0.05, 0) is 31.5 Å². The van der Waals surface area contributed by atoms with Crippen LogP contribution in [-0.2, 0) is 16.8 Å². The van der Waals surface area contributed by atoms with Crippen molar-refractivity contribution in [2.45, 2.75) is 25.8 Å². The van der Waals surface area contributed by atoms with E-state index in [1.807, 2.05) is 26.0 Å². The van der Waals surface area contributed by atoms with Crippen molar-refractivity contribution in [1.82, 2.24) is 10.5 Å². The molecule has 19 heavy (non-hydrogen) atoms. The molecule has 1 heterocycles. The largest absolute Gasteiger partial charge is 0.399 e. The van der Waals surface area contributed by atoms with Crippen molar-refractivity contribution in [1.29, 1.82) is 0 Å². The van der Waals surface area contributed by atoms with Gasteiger partial charge < -0.3 is 15.6 Å². The molecule has 0 spiro atoms. The summed E-state index contributed by atoms with van der Waals surface area (Å²) in [5.41, 5.74) is 7.32. The van der Waals surface area contributed by atoms with E-state index >= 15 is 0 Å². The quantitative estimate of drug-likeness (QED) is 0.821. The fourth-order valence-corrected chi connectivity index (χ4v) is 1.75. The van der Waals surface area contributed by atoms with Crippen molar-refractivity contribution in [2.24, 2.45) is 0 Å². The Morgan fingerprint density at radius 3 is 2.58 bits per heavy atom. The number of carbonyl (C=O) groups is 1. The van der Waals surface area contributed by atoms with Crippen LogP contribution >= 0.6 is 0 Å². The molecule has 5 nitrogen and oxygen atoms in total. The van der Waals surface area contributed by atoms with E-state index in [1.54, 1.807) is 18.2 Å². The lowest BCUT2D eigenvalue weighted by Crippen LogP contribution is -2.39. The number of hydrogen-bond acceptors (Lipinski definition) is 4. The number of nitrogen functional groups attached to an aromatic ring is 1. The number of nitrogens with zero attached hydrogens (tertiary/aromatic N) is 1. The van der Waals surface area contributed by atoms with Crippen molar-refractivity contribution < 1.29 is 9.32 Å². The molecule has 0 saturated carbocycles. The first-order valence-corrected chi connectivity index (χ1v) is 6.04. The van der Waals surface area contributed by atoms with Crippen molar-refractivity contribution in [3.05, 3.63) is 47.9 Å². The molecule has 1 amide bonds. The minimum absolute atomic E-state index is 0.0692. The summed E-state index contributed by atoms with van der Waals surface area (Å²) in [6.45, 7) is 4.10. The molecule has 2 rings (SSSR count). The van der Waals surface area contributed by atoms with Gasteiger partial charge in [0.05, 0.1) is 12.0 Å². The molecule has 0 fully saturated rings. The Hall–Kier alpha value is -2.30. The summed E-state index contributed by atoms with van der Waals surface area (Å²) in [5, 5.41) is 6.59. The fraction of sp³-hybridized carbons (Fsp3) is 0.286. The maximum absolute atomic E-state index is 12.2. The number of aromatic nitrogens is 1. The molecule has 0 aliphatic carbocycles. The van der Waals surface area contributed by atoms with E-state index in [2.05, 4.69) is 10.5 Å². The Morgan fingerprint density at radius 2 is 2.00 bits per heavy atom. The highest BCUT2D eigenvalue weighted by Crippen LogP contribution is 2.24. The van der Waals surface area contributed by atoms with Crippen LogP contribution in [0.2, 0.25) is 0 Å². The smallest absolute Gasteiger partial charge is 0.230 e. The monoisotopic (exact) mass is 259 g/mol. The molecule has 100 valence electrons. The third-order valence-corrected chi connectivity index (χ3v) is 3.12. The van der Waals surface area contributed by atoms with Crippen LogP contribution in [0.15, 0.2) is 41.1 Å².